The molecule has 0 radical (unpaired) electrons. The van der Waals surface area contributed by atoms with E-state index < -0.39 is 0 Å². The summed E-state index contributed by atoms with van der Waals surface area (Å²) in [7, 11) is 1.60. The molecule has 0 spiro atoms. The zero-order chi connectivity index (χ0) is 18.1. The summed E-state index contributed by atoms with van der Waals surface area (Å²) in [6.45, 7) is 1.98. The van der Waals surface area contributed by atoms with Crippen LogP contribution in [0.4, 0.5) is 4.39 Å². The van der Waals surface area contributed by atoms with Crippen LogP contribution in [-0.2, 0) is 0 Å². The van der Waals surface area contributed by atoms with Crippen molar-refractivity contribution in [2.45, 2.75) is 6.92 Å². The number of aromatic nitrogens is 4. The number of benzene rings is 2. The lowest BCUT2D eigenvalue weighted by Crippen LogP contribution is -1.90. The zero-order valence-electron chi connectivity index (χ0n) is 14.2. The second-order valence-corrected chi connectivity index (χ2v) is 5.80. The van der Waals surface area contributed by atoms with Gasteiger partial charge in [0.2, 0.25) is 5.82 Å². The maximum absolute atomic E-state index is 13.1. The molecule has 4 aromatic rings. The summed E-state index contributed by atoms with van der Waals surface area (Å²) in [6.07, 6.45) is 0. The highest BCUT2D eigenvalue weighted by molar-refractivity contribution is 5.68. The first-order valence-corrected chi connectivity index (χ1v) is 7.94. The van der Waals surface area contributed by atoms with Crippen LogP contribution < -0.4 is 4.74 Å². The molecule has 0 unspecified atom stereocenters. The van der Waals surface area contributed by atoms with Crippen LogP contribution in [0.15, 0.2) is 53.1 Å². The van der Waals surface area contributed by atoms with E-state index in [2.05, 4.69) is 20.3 Å². The Hall–Kier alpha value is -3.48. The van der Waals surface area contributed by atoms with Crippen molar-refractivity contribution in [3.05, 3.63) is 59.9 Å². The van der Waals surface area contributed by atoms with Gasteiger partial charge in [-0.25, -0.2) is 4.39 Å². The second-order valence-electron chi connectivity index (χ2n) is 5.80. The Morgan fingerprint density at radius 3 is 2.65 bits per heavy atom. The minimum atomic E-state index is -0.293. The van der Waals surface area contributed by atoms with E-state index in [-0.39, 0.29) is 5.82 Å². The summed E-state index contributed by atoms with van der Waals surface area (Å²) in [5, 5.41) is 11.1. The van der Waals surface area contributed by atoms with Crippen molar-refractivity contribution < 1.29 is 13.7 Å². The smallest absolute Gasteiger partial charge is 0.276 e. The predicted molar refractivity (Wildman–Crippen MR) is 94.0 cm³/mol. The number of H-pyrrole nitrogens is 1. The Bertz CT molecular complexity index is 1050. The molecule has 0 bridgehead atoms. The average molecular weight is 350 g/mol. The van der Waals surface area contributed by atoms with Gasteiger partial charge in [-0.2, -0.15) is 10.1 Å². The van der Waals surface area contributed by atoms with Gasteiger partial charge in [0.1, 0.15) is 17.3 Å². The molecule has 4 rings (SSSR count). The molecule has 2 heterocycles. The van der Waals surface area contributed by atoms with Crippen LogP contribution in [0.25, 0.3) is 34.2 Å². The molecule has 0 aliphatic heterocycles. The minimum absolute atomic E-state index is 0.293. The number of methoxy groups -OCH3 is 1. The standard InChI is InChI=1S/C19H15FN4O2/c1-11-3-8-14(17(9-11)25-2)18-21-19(26-24-18)16-10-15(22-23-16)12-4-6-13(20)7-5-12/h3-10H,1-2H3,(H,22,23). The van der Waals surface area contributed by atoms with E-state index in [1.807, 2.05) is 25.1 Å². The van der Waals surface area contributed by atoms with Crippen LogP contribution in [0.2, 0.25) is 0 Å². The first-order valence-electron chi connectivity index (χ1n) is 7.94. The molecule has 26 heavy (non-hydrogen) atoms. The van der Waals surface area contributed by atoms with Gasteiger partial charge in [-0.15, -0.1) is 0 Å². The van der Waals surface area contributed by atoms with Crippen molar-refractivity contribution in [2.75, 3.05) is 7.11 Å². The summed E-state index contributed by atoms with van der Waals surface area (Å²) in [5.41, 5.74) is 3.84. The SMILES string of the molecule is COc1cc(C)ccc1-c1noc(-c2cc(-c3ccc(F)cc3)n[nH]2)n1. The molecule has 0 saturated carbocycles. The third kappa shape index (κ3) is 2.95. The van der Waals surface area contributed by atoms with Gasteiger partial charge >= 0.3 is 0 Å². The normalized spacial score (nSPS) is 10.9. The highest BCUT2D eigenvalue weighted by atomic mass is 19.1. The molecule has 2 aromatic heterocycles. The number of nitrogens with zero attached hydrogens (tertiary/aromatic N) is 3. The van der Waals surface area contributed by atoms with Crippen molar-refractivity contribution in [3.8, 4) is 40.0 Å². The molecule has 7 heteroatoms. The second kappa shape index (κ2) is 6.44. The number of aromatic amines is 1. The van der Waals surface area contributed by atoms with E-state index in [4.69, 9.17) is 9.26 Å². The zero-order valence-corrected chi connectivity index (χ0v) is 14.2. The molecule has 1 N–H and O–H groups in total. The van der Waals surface area contributed by atoms with Crippen LogP contribution in [-0.4, -0.2) is 27.4 Å². The van der Waals surface area contributed by atoms with Crippen LogP contribution in [0.3, 0.4) is 0 Å². The third-order valence-corrected chi connectivity index (χ3v) is 3.97. The number of hydrogen-bond acceptors (Lipinski definition) is 5. The molecule has 0 fully saturated rings. The summed E-state index contributed by atoms with van der Waals surface area (Å²) >= 11 is 0. The number of ether oxygens (including phenoxy) is 1. The topological polar surface area (TPSA) is 76.8 Å². The molecule has 6 nitrogen and oxygen atoms in total. The summed E-state index contributed by atoms with van der Waals surface area (Å²) in [4.78, 5) is 4.42. The summed E-state index contributed by atoms with van der Waals surface area (Å²) < 4.78 is 23.8. The molecule has 130 valence electrons. The van der Waals surface area contributed by atoms with Gasteiger partial charge in [-0.3, -0.25) is 5.10 Å². The van der Waals surface area contributed by atoms with Gasteiger partial charge < -0.3 is 9.26 Å². The first-order chi connectivity index (χ1) is 12.6. The fraction of sp³-hybridized carbons (Fsp3) is 0.105. The van der Waals surface area contributed by atoms with Crippen LogP contribution in [0, 0.1) is 12.7 Å². The lowest BCUT2D eigenvalue weighted by atomic mass is 10.1. The van der Waals surface area contributed by atoms with Crippen LogP contribution in [0.1, 0.15) is 5.56 Å². The van der Waals surface area contributed by atoms with Crippen molar-refractivity contribution in [1.82, 2.24) is 20.3 Å². The van der Waals surface area contributed by atoms with E-state index in [0.717, 1.165) is 16.7 Å². The number of nitrogens with one attached hydrogen (secondary N) is 1. The molecule has 2 aromatic carbocycles. The van der Waals surface area contributed by atoms with Gasteiger partial charge in [-0.1, -0.05) is 11.2 Å². The summed E-state index contributed by atoms with van der Waals surface area (Å²) in [5.74, 6) is 1.12. The van der Waals surface area contributed by atoms with Gasteiger partial charge in [0.25, 0.3) is 5.89 Å². The average Bonchev–Trinajstić information content (AvgIpc) is 3.31. The van der Waals surface area contributed by atoms with E-state index in [1.165, 1.54) is 12.1 Å². The Morgan fingerprint density at radius 1 is 1.08 bits per heavy atom. The number of rotatable bonds is 4. The fourth-order valence-corrected chi connectivity index (χ4v) is 2.63. The van der Waals surface area contributed by atoms with Crippen LogP contribution >= 0.6 is 0 Å². The Labute approximate surface area is 148 Å². The Morgan fingerprint density at radius 2 is 1.88 bits per heavy atom. The number of aryl methyl sites for hydroxylation is 1. The lowest BCUT2D eigenvalue weighted by molar-refractivity contribution is 0.413. The monoisotopic (exact) mass is 350 g/mol. The van der Waals surface area contributed by atoms with E-state index in [1.54, 1.807) is 25.3 Å². The molecular formula is C19H15FN4O2. The van der Waals surface area contributed by atoms with E-state index >= 15 is 0 Å². The lowest BCUT2D eigenvalue weighted by Gasteiger charge is -2.05. The molecule has 0 amide bonds. The number of halogens is 1. The van der Waals surface area contributed by atoms with Gasteiger partial charge in [0.15, 0.2) is 0 Å². The third-order valence-electron chi connectivity index (χ3n) is 3.97. The molecule has 0 aliphatic carbocycles. The van der Waals surface area contributed by atoms with Crippen molar-refractivity contribution >= 4 is 0 Å². The maximum Gasteiger partial charge on any atom is 0.276 e. The number of hydrogen-bond donors (Lipinski definition) is 1. The van der Waals surface area contributed by atoms with Gasteiger partial charge in [0, 0.05) is 5.56 Å². The van der Waals surface area contributed by atoms with Crippen molar-refractivity contribution in [1.29, 1.82) is 0 Å². The Balaban J connectivity index is 1.66. The summed E-state index contributed by atoms with van der Waals surface area (Å²) in [6, 6.07) is 13.6. The molecule has 0 atom stereocenters. The van der Waals surface area contributed by atoms with E-state index in [0.29, 0.717) is 28.9 Å². The fourth-order valence-electron chi connectivity index (χ4n) is 2.63. The van der Waals surface area contributed by atoms with Crippen molar-refractivity contribution in [2.24, 2.45) is 0 Å². The highest BCUT2D eigenvalue weighted by Gasteiger charge is 2.16. The Kier molecular flexibility index (Phi) is 3.96. The molecule has 0 saturated heterocycles. The first kappa shape index (κ1) is 16.0. The minimum Gasteiger partial charge on any atom is -0.496 e. The highest BCUT2D eigenvalue weighted by Crippen LogP contribution is 2.30. The van der Waals surface area contributed by atoms with Crippen molar-refractivity contribution in [3.63, 3.8) is 0 Å². The quantitative estimate of drug-likeness (QED) is 0.595. The largest absolute Gasteiger partial charge is 0.496 e. The molecular weight excluding hydrogens is 335 g/mol. The van der Waals surface area contributed by atoms with Crippen LogP contribution in [0.5, 0.6) is 5.75 Å². The van der Waals surface area contributed by atoms with Gasteiger partial charge in [-0.05, 0) is 55.0 Å². The van der Waals surface area contributed by atoms with Gasteiger partial charge in [0.05, 0.1) is 18.4 Å². The van der Waals surface area contributed by atoms with E-state index in [9.17, 15) is 4.39 Å². The maximum atomic E-state index is 13.1. The predicted octanol–water partition coefficient (Wildman–Crippen LogP) is 4.25. The molecule has 0 aliphatic rings.